The summed E-state index contributed by atoms with van der Waals surface area (Å²) >= 11 is 0. The third kappa shape index (κ3) is 2.62. The molecule has 0 amide bonds. The molecule has 0 aliphatic heterocycles. The topological polar surface area (TPSA) is 33.5 Å². The van der Waals surface area contributed by atoms with Crippen LogP contribution in [0.1, 0.15) is 37.2 Å². The van der Waals surface area contributed by atoms with Crippen molar-refractivity contribution < 1.29 is 9.21 Å². The van der Waals surface area contributed by atoms with Gasteiger partial charge in [-0.1, -0.05) is 13.3 Å². The molecule has 0 fully saturated rings. The zero-order valence-corrected chi connectivity index (χ0v) is 8.82. The molecule has 0 aliphatic rings. The van der Waals surface area contributed by atoms with Crippen molar-refractivity contribution in [3.63, 3.8) is 0 Å². The molecule has 1 heterocycles. The Kier molecular flexibility index (Phi) is 4.23. The Morgan fingerprint density at radius 2 is 2.21 bits per heavy atom. The van der Waals surface area contributed by atoms with Gasteiger partial charge in [0.2, 0.25) is 0 Å². The highest BCUT2D eigenvalue weighted by atomic mass is 16.4. The zero-order chi connectivity index (χ0) is 10.4. The van der Waals surface area contributed by atoms with Crippen LogP contribution >= 0.6 is 0 Å². The van der Waals surface area contributed by atoms with E-state index < -0.39 is 0 Å². The van der Waals surface area contributed by atoms with Crippen molar-refractivity contribution in [1.82, 2.24) is 0 Å². The van der Waals surface area contributed by atoms with E-state index >= 15 is 0 Å². The fourth-order valence-corrected chi connectivity index (χ4v) is 1.35. The van der Waals surface area contributed by atoms with Gasteiger partial charge in [-0.2, -0.15) is 0 Å². The van der Waals surface area contributed by atoms with Gasteiger partial charge in [-0.3, -0.25) is 4.79 Å². The number of furan rings is 1. The predicted octanol–water partition coefficient (Wildman–Crippen LogP) is 2.72. The monoisotopic (exact) mass is 195 g/mol. The molecular formula is C11H17NO2. The molecule has 1 aromatic heterocycles. The molecule has 0 N–H and O–H groups in total. The maximum Gasteiger partial charge on any atom is 0.196 e. The second kappa shape index (κ2) is 5.47. The van der Waals surface area contributed by atoms with Gasteiger partial charge in [0.25, 0.3) is 0 Å². The number of unbranched alkanes of at least 4 members (excludes halogenated alkanes) is 1. The number of hydrogen-bond donors (Lipinski definition) is 0. The van der Waals surface area contributed by atoms with Gasteiger partial charge in [-0.15, -0.1) is 0 Å². The lowest BCUT2D eigenvalue weighted by atomic mass is 10.3. The molecule has 14 heavy (non-hydrogen) atoms. The molecule has 0 bridgehead atoms. The van der Waals surface area contributed by atoms with Gasteiger partial charge < -0.3 is 9.32 Å². The quantitative estimate of drug-likeness (QED) is 0.654. The fourth-order valence-electron chi connectivity index (χ4n) is 1.35. The lowest BCUT2D eigenvalue weighted by Gasteiger charge is -2.19. The molecule has 1 aromatic rings. The highest BCUT2D eigenvalue weighted by Gasteiger charge is 2.07. The van der Waals surface area contributed by atoms with Crippen molar-refractivity contribution in [3.8, 4) is 0 Å². The molecule has 0 aliphatic carbocycles. The largest absolute Gasteiger partial charge is 0.438 e. The van der Waals surface area contributed by atoms with E-state index in [0.29, 0.717) is 5.76 Å². The first-order valence-corrected chi connectivity index (χ1v) is 5.11. The van der Waals surface area contributed by atoms with E-state index in [2.05, 4.69) is 18.7 Å². The third-order valence-corrected chi connectivity index (χ3v) is 2.20. The van der Waals surface area contributed by atoms with E-state index in [1.807, 2.05) is 6.07 Å². The second-order valence-corrected chi connectivity index (χ2v) is 3.23. The van der Waals surface area contributed by atoms with Gasteiger partial charge >= 0.3 is 0 Å². The first-order chi connectivity index (χ1) is 6.81. The molecule has 3 nitrogen and oxygen atoms in total. The molecule has 3 heteroatoms. The van der Waals surface area contributed by atoms with Crippen molar-refractivity contribution in [2.45, 2.75) is 26.7 Å². The van der Waals surface area contributed by atoms with Crippen molar-refractivity contribution in [2.24, 2.45) is 0 Å². The maximum absolute atomic E-state index is 10.4. The Morgan fingerprint density at radius 1 is 1.43 bits per heavy atom. The Hall–Kier alpha value is -1.25. The summed E-state index contributed by atoms with van der Waals surface area (Å²) < 4.78 is 5.34. The van der Waals surface area contributed by atoms with Gasteiger partial charge in [0, 0.05) is 19.2 Å². The van der Waals surface area contributed by atoms with E-state index in [-0.39, 0.29) is 0 Å². The number of aldehydes is 1. The molecule has 1 rings (SSSR count). The van der Waals surface area contributed by atoms with E-state index in [9.17, 15) is 4.79 Å². The molecule has 0 unspecified atom stereocenters. The van der Waals surface area contributed by atoms with Crippen LogP contribution in [0.5, 0.6) is 0 Å². The minimum atomic E-state index is 0.398. The van der Waals surface area contributed by atoms with Crippen LogP contribution in [-0.2, 0) is 0 Å². The third-order valence-electron chi connectivity index (χ3n) is 2.20. The van der Waals surface area contributed by atoms with E-state index in [1.54, 1.807) is 6.07 Å². The summed E-state index contributed by atoms with van der Waals surface area (Å²) in [5.74, 6) is 1.19. The van der Waals surface area contributed by atoms with Gasteiger partial charge in [0.05, 0.1) is 0 Å². The van der Waals surface area contributed by atoms with Crippen LogP contribution < -0.4 is 4.90 Å². The highest BCUT2D eigenvalue weighted by molar-refractivity contribution is 5.71. The summed E-state index contributed by atoms with van der Waals surface area (Å²) in [6.07, 6.45) is 3.04. The van der Waals surface area contributed by atoms with E-state index in [0.717, 1.165) is 38.1 Å². The van der Waals surface area contributed by atoms with Crippen molar-refractivity contribution in [3.05, 3.63) is 17.9 Å². The van der Waals surface area contributed by atoms with Crippen molar-refractivity contribution in [1.29, 1.82) is 0 Å². The summed E-state index contributed by atoms with van der Waals surface area (Å²) in [6, 6.07) is 3.56. The first kappa shape index (κ1) is 10.8. The minimum Gasteiger partial charge on any atom is -0.438 e. The molecule has 0 atom stereocenters. The Bertz CT molecular complexity index is 281. The van der Waals surface area contributed by atoms with Crippen LogP contribution in [0, 0.1) is 0 Å². The minimum absolute atomic E-state index is 0.398. The number of hydrogen-bond acceptors (Lipinski definition) is 3. The van der Waals surface area contributed by atoms with Crippen LogP contribution in [0.2, 0.25) is 0 Å². The molecular weight excluding hydrogens is 178 g/mol. The van der Waals surface area contributed by atoms with Crippen molar-refractivity contribution >= 4 is 12.2 Å². The second-order valence-electron chi connectivity index (χ2n) is 3.23. The first-order valence-electron chi connectivity index (χ1n) is 5.11. The lowest BCUT2D eigenvalue weighted by Crippen LogP contribution is -2.23. The van der Waals surface area contributed by atoms with Gasteiger partial charge in [0.15, 0.2) is 17.9 Å². The number of anilines is 1. The van der Waals surface area contributed by atoms with Crippen LogP contribution in [0.3, 0.4) is 0 Å². The van der Waals surface area contributed by atoms with Gasteiger partial charge in [0.1, 0.15) is 0 Å². The molecule has 0 radical (unpaired) electrons. The molecule has 0 aromatic carbocycles. The van der Waals surface area contributed by atoms with Gasteiger partial charge in [-0.25, -0.2) is 0 Å². The van der Waals surface area contributed by atoms with E-state index in [4.69, 9.17) is 4.42 Å². The van der Waals surface area contributed by atoms with Crippen LogP contribution in [0.4, 0.5) is 5.88 Å². The maximum atomic E-state index is 10.4. The summed E-state index contributed by atoms with van der Waals surface area (Å²) in [7, 11) is 0. The van der Waals surface area contributed by atoms with Crippen molar-refractivity contribution in [2.75, 3.05) is 18.0 Å². The molecule has 0 saturated carbocycles. The summed E-state index contributed by atoms with van der Waals surface area (Å²) in [6.45, 7) is 6.14. The predicted molar refractivity (Wildman–Crippen MR) is 56.9 cm³/mol. The van der Waals surface area contributed by atoms with Gasteiger partial charge in [-0.05, 0) is 19.4 Å². The van der Waals surface area contributed by atoms with Crippen LogP contribution in [-0.4, -0.2) is 19.4 Å². The fraction of sp³-hybridized carbons (Fsp3) is 0.545. The number of carbonyl (C=O) groups is 1. The lowest BCUT2D eigenvalue weighted by molar-refractivity contribution is 0.110. The normalized spacial score (nSPS) is 10.1. The van der Waals surface area contributed by atoms with Crippen LogP contribution in [0.15, 0.2) is 16.5 Å². The number of carbonyl (C=O) groups excluding carboxylic acids is 1. The summed E-state index contributed by atoms with van der Waals surface area (Å²) in [4.78, 5) is 12.6. The zero-order valence-electron chi connectivity index (χ0n) is 8.82. The Labute approximate surface area is 84.7 Å². The average molecular weight is 195 g/mol. The molecule has 78 valence electrons. The van der Waals surface area contributed by atoms with E-state index in [1.165, 1.54) is 0 Å². The highest BCUT2D eigenvalue weighted by Crippen LogP contribution is 2.17. The number of rotatable bonds is 6. The smallest absolute Gasteiger partial charge is 0.196 e. The van der Waals surface area contributed by atoms with Crippen LogP contribution in [0.25, 0.3) is 0 Å². The molecule has 0 spiro atoms. The number of nitrogens with zero attached hydrogens (tertiary/aromatic N) is 1. The SMILES string of the molecule is CCCCN(CC)c1ccc(C=O)o1. The Balaban J connectivity index is 2.63. The standard InChI is InChI=1S/C11H17NO2/c1-3-5-8-12(4-2)11-7-6-10(9-13)14-11/h6-7,9H,3-5,8H2,1-2H3. The molecule has 0 saturated heterocycles. The average Bonchev–Trinajstić information content (AvgIpc) is 2.68. The Morgan fingerprint density at radius 3 is 2.71 bits per heavy atom. The summed E-state index contributed by atoms with van der Waals surface area (Å²) in [5.41, 5.74) is 0. The summed E-state index contributed by atoms with van der Waals surface area (Å²) in [5, 5.41) is 0.